The summed E-state index contributed by atoms with van der Waals surface area (Å²) < 4.78 is 4.02. The number of aromatic nitrogens is 2. The average Bonchev–Trinajstić information content (AvgIpc) is 3.08. The highest BCUT2D eigenvalue weighted by Gasteiger charge is 2.20. The van der Waals surface area contributed by atoms with E-state index in [0.717, 1.165) is 22.4 Å². The zero-order chi connectivity index (χ0) is 21.4. The van der Waals surface area contributed by atoms with Crippen molar-refractivity contribution in [3.8, 4) is 10.4 Å². The van der Waals surface area contributed by atoms with Crippen LogP contribution in [-0.2, 0) is 11.3 Å². The maximum absolute atomic E-state index is 13.4. The number of thiazole rings is 1. The molecule has 0 saturated heterocycles. The molecule has 1 atom stereocenters. The lowest BCUT2D eigenvalue weighted by molar-refractivity contribution is -0.122. The molecule has 2 aromatic heterocycles. The molecule has 0 saturated carbocycles. The summed E-state index contributed by atoms with van der Waals surface area (Å²) in [7, 11) is 0. The minimum absolute atomic E-state index is 0.0320. The SMILES string of the molecule is CCC(C)NC(=O)Cn1c(=O)c2ccccc2n2c(=S)sc(-c3ccc(Cl)cc3)c12. The molecule has 30 heavy (non-hydrogen) atoms. The van der Waals surface area contributed by atoms with E-state index in [1.165, 1.54) is 15.9 Å². The van der Waals surface area contributed by atoms with Gasteiger partial charge in [0.05, 0.1) is 15.8 Å². The van der Waals surface area contributed by atoms with Crippen molar-refractivity contribution in [1.29, 1.82) is 0 Å². The second kappa shape index (κ2) is 8.34. The summed E-state index contributed by atoms with van der Waals surface area (Å²) >= 11 is 13.1. The lowest BCUT2D eigenvalue weighted by Crippen LogP contribution is -2.37. The fourth-order valence-electron chi connectivity index (χ4n) is 3.42. The molecule has 0 radical (unpaired) electrons. The van der Waals surface area contributed by atoms with Gasteiger partial charge in [0.1, 0.15) is 12.2 Å². The zero-order valence-electron chi connectivity index (χ0n) is 16.5. The largest absolute Gasteiger partial charge is 0.352 e. The van der Waals surface area contributed by atoms with E-state index < -0.39 is 0 Å². The fraction of sp³-hybridized carbons (Fsp3) is 0.227. The minimum atomic E-state index is -0.215. The molecule has 2 heterocycles. The van der Waals surface area contributed by atoms with Gasteiger partial charge in [-0.25, -0.2) is 0 Å². The third-order valence-corrected chi connectivity index (χ3v) is 6.76. The van der Waals surface area contributed by atoms with E-state index in [0.29, 0.717) is 20.0 Å². The number of hydrogen-bond donors (Lipinski definition) is 1. The van der Waals surface area contributed by atoms with Gasteiger partial charge in [0.2, 0.25) is 5.91 Å². The highest BCUT2D eigenvalue weighted by Crippen LogP contribution is 2.33. The van der Waals surface area contributed by atoms with E-state index in [2.05, 4.69) is 5.32 Å². The molecular formula is C22H20ClN3O2S2. The topological polar surface area (TPSA) is 55.5 Å². The van der Waals surface area contributed by atoms with Gasteiger partial charge in [0, 0.05) is 11.1 Å². The number of fused-ring (bicyclic) bond motifs is 3. The fourth-order valence-corrected chi connectivity index (χ4v) is 4.97. The number of carbonyl (C=O) groups is 1. The van der Waals surface area contributed by atoms with Crippen molar-refractivity contribution in [3.05, 3.63) is 67.9 Å². The molecule has 5 nitrogen and oxygen atoms in total. The predicted molar refractivity (Wildman–Crippen MR) is 126 cm³/mol. The van der Waals surface area contributed by atoms with Crippen LogP contribution in [0.3, 0.4) is 0 Å². The second-order valence-electron chi connectivity index (χ2n) is 7.15. The van der Waals surface area contributed by atoms with E-state index in [9.17, 15) is 9.59 Å². The molecule has 4 rings (SSSR count). The van der Waals surface area contributed by atoms with E-state index in [1.54, 1.807) is 18.2 Å². The van der Waals surface area contributed by atoms with E-state index in [1.807, 2.05) is 48.6 Å². The number of halogens is 1. The Bertz CT molecular complexity index is 1370. The number of para-hydroxylation sites is 1. The number of nitrogens with one attached hydrogen (secondary N) is 1. The molecular weight excluding hydrogens is 438 g/mol. The standard InChI is InChI=1S/C22H20ClN3O2S2/c1-3-13(2)24-18(27)12-25-20-19(14-8-10-15(23)11-9-14)30-22(29)26(20)17-7-5-4-6-16(17)21(25)28/h4-11,13H,3,12H2,1-2H3,(H,24,27). The minimum Gasteiger partial charge on any atom is -0.352 e. The van der Waals surface area contributed by atoms with Gasteiger partial charge in [-0.3, -0.25) is 18.6 Å². The van der Waals surface area contributed by atoms with Crippen molar-refractivity contribution >= 4 is 57.6 Å². The number of carbonyl (C=O) groups excluding carboxylic acids is 1. The van der Waals surface area contributed by atoms with Crippen molar-refractivity contribution in [2.75, 3.05) is 0 Å². The van der Waals surface area contributed by atoms with Crippen LogP contribution in [0.5, 0.6) is 0 Å². The number of hydrogen-bond acceptors (Lipinski definition) is 4. The molecule has 1 N–H and O–H groups in total. The zero-order valence-corrected chi connectivity index (χ0v) is 18.9. The monoisotopic (exact) mass is 457 g/mol. The van der Waals surface area contributed by atoms with Gasteiger partial charge in [-0.1, -0.05) is 42.8 Å². The maximum Gasteiger partial charge on any atom is 0.262 e. The third-order valence-electron chi connectivity index (χ3n) is 5.09. The Labute approximate surface area is 187 Å². The summed E-state index contributed by atoms with van der Waals surface area (Å²) in [6, 6.07) is 14.8. The Morgan fingerprint density at radius 1 is 1.20 bits per heavy atom. The molecule has 0 aliphatic rings. The molecule has 0 aliphatic heterocycles. The van der Waals surface area contributed by atoms with Crippen LogP contribution in [-0.4, -0.2) is 20.9 Å². The van der Waals surface area contributed by atoms with Crippen LogP contribution >= 0.6 is 35.2 Å². The van der Waals surface area contributed by atoms with Crippen LogP contribution < -0.4 is 10.9 Å². The Morgan fingerprint density at radius 2 is 1.90 bits per heavy atom. The third kappa shape index (κ3) is 3.69. The van der Waals surface area contributed by atoms with Crippen molar-refractivity contribution in [2.24, 2.45) is 0 Å². The number of benzene rings is 2. The maximum atomic E-state index is 13.4. The Kier molecular flexibility index (Phi) is 5.77. The van der Waals surface area contributed by atoms with E-state index in [4.69, 9.17) is 23.8 Å². The first kappa shape index (κ1) is 20.8. The van der Waals surface area contributed by atoms with Gasteiger partial charge < -0.3 is 5.32 Å². The van der Waals surface area contributed by atoms with Gasteiger partial charge in [-0.2, -0.15) is 0 Å². The molecule has 0 bridgehead atoms. The van der Waals surface area contributed by atoms with Crippen LogP contribution in [0.2, 0.25) is 5.02 Å². The van der Waals surface area contributed by atoms with Crippen LogP contribution in [0.15, 0.2) is 53.3 Å². The van der Waals surface area contributed by atoms with Crippen molar-refractivity contribution in [1.82, 2.24) is 14.3 Å². The molecule has 4 aromatic rings. The second-order valence-corrected chi connectivity index (χ2v) is 9.23. The van der Waals surface area contributed by atoms with Gasteiger partial charge in [-0.15, -0.1) is 11.3 Å². The van der Waals surface area contributed by atoms with Crippen LogP contribution in [0.4, 0.5) is 0 Å². The molecule has 2 aromatic carbocycles. The van der Waals surface area contributed by atoms with Gasteiger partial charge in [0.25, 0.3) is 5.56 Å². The average molecular weight is 458 g/mol. The Morgan fingerprint density at radius 3 is 2.60 bits per heavy atom. The molecule has 0 aliphatic carbocycles. The number of rotatable bonds is 5. The molecule has 0 fully saturated rings. The molecule has 8 heteroatoms. The summed E-state index contributed by atoms with van der Waals surface area (Å²) in [4.78, 5) is 26.9. The summed E-state index contributed by atoms with van der Waals surface area (Å²) in [6.45, 7) is 3.86. The van der Waals surface area contributed by atoms with Crippen molar-refractivity contribution in [2.45, 2.75) is 32.9 Å². The van der Waals surface area contributed by atoms with Crippen molar-refractivity contribution in [3.63, 3.8) is 0 Å². The van der Waals surface area contributed by atoms with Gasteiger partial charge in [-0.05, 0) is 55.4 Å². The predicted octanol–water partition coefficient (Wildman–Crippen LogP) is 5.28. The molecule has 1 amide bonds. The lowest BCUT2D eigenvalue weighted by atomic mass is 10.2. The number of nitrogens with zero attached hydrogens (tertiary/aromatic N) is 2. The number of amides is 1. The first-order chi connectivity index (χ1) is 14.4. The van der Waals surface area contributed by atoms with Crippen molar-refractivity contribution < 1.29 is 4.79 Å². The van der Waals surface area contributed by atoms with E-state index >= 15 is 0 Å². The van der Waals surface area contributed by atoms with Crippen LogP contribution in [0, 0.1) is 3.95 Å². The first-order valence-electron chi connectivity index (χ1n) is 9.63. The first-order valence-corrected chi connectivity index (χ1v) is 11.2. The Hall–Kier alpha value is -2.48. The van der Waals surface area contributed by atoms with Crippen LogP contribution in [0.1, 0.15) is 20.3 Å². The normalized spacial score (nSPS) is 12.4. The summed E-state index contributed by atoms with van der Waals surface area (Å²) in [5.41, 5.74) is 2.03. The van der Waals surface area contributed by atoms with Crippen LogP contribution in [0.25, 0.3) is 27.0 Å². The highest BCUT2D eigenvalue weighted by molar-refractivity contribution is 7.73. The highest BCUT2D eigenvalue weighted by atomic mass is 35.5. The van der Waals surface area contributed by atoms with E-state index in [-0.39, 0.29) is 24.1 Å². The lowest BCUT2D eigenvalue weighted by Gasteiger charge is -2.15. The quantitative estimate of drug-likeness (QED) is 0.415. The molecule has 154 valence electrons. The summed E-state index contributed by atoms with van der Waals surface area (Å²) in [5, 5.41) is 4.10. The molecule has 1 unspecified atom stereocenters. The Balaban J connectivity index is 2.03. The smallest absolute Gasteiger partial charge is 0.262 e. The van der Waals surface area contributed by atoms with Gasteiger partial charge in [0.15, 0.2) is 3.95 Å². The summed E-state index contributed by atoms with van der Waals surface area (Å²) in [6.07, 6.45) is 0.813. The molecule has 0 spiro atoms. The summed E-state index contributed by atoms with van der Waals surface area (Å²) in [5.74, 6) is -0.206. The van der Waals surface area contributed by atoms with Gasteiger partial charge >= 0.3 is 0 Å².